The molecule has 2 heterocycles. The molecule has 0 bridgehead atoms. The largest absolute Gasteiger partial charge is 0.454 e. The average Bonchev–Trinajstić information content (AvgIpc) is 3.38. The van der Waals surface area contributed by atoms with Crippen LogP contribution >= 0.6 is 23.1 Å². The van der Waals surface area contributed by atoms with E-state index in [1.807, 2.05) is 61.2 Å². The number of aryl methyl sites for hydroxylation is 1. The highest BCUT2D eigenvalue weighted by Gasteiger charge is 2.18. The van der Waals surface area contributed by atoms with Crippen molar-refractivity contribution in [2.45, 2.75) is 30.5 Å². The lowest BCUT2D eigenvalue weighted by molar-refractivity contribution is 0.0752. The molecular weight excluding hydrogens is 404 g/mol. The normalized spacial score (nSPS) is 12.2. The molecule has 1 amide bonds. The molecular formula is C22H22N2O3S2. The van der Waals surface area contributed by atoms with Crippen LogP contribution in [0.4, 0.5) is 0 Å². The summed E-state index contributed by atoms with van der Waals surface area (Å²) in [6.07, 6.45) is 0. The number of carbonyl (C=O) groups is 1. The van der Waals surface area contributed by atoms with Crippen LogP contribution in [0.25, 0.3) is 0 Å². The molecule has 0 fully saturated rings. The van der Waals surface area contributed by atoms with E-state index in [-0.39, 0.29) is 12.7 Å². The highest BCUT2D eigenvalue weighted by Crippen LogP contribution is 2.33. The third-order valence-electron chi connectivity index (χ3n) is 4.64. The summed E-state index contributed by atoms with van der Waals surface area (Å²) in [6, 6.07) is 13.7. The summed E-state index contributed by atoms with van der Waals surface area (Å²) in [6.45, 7) is 5.42. The lowest BCUT2D eigenvalue weighted by atomic mass is 10.1. The summed E-state index contributed by atoms with van der Waals surface area (Å²) in [4.78, 5) is 19.3. The van der Waals surface area contributed by atoms with Gasteiger partial charge in [0.15, 0.2) is 11.5 Å². The van der Waals surface area contributed by atoms with Crippen LogP contribution in [-0.4, -0.2) is 29.1 Å². The zero-order valence-electron chi connectivity index (χ0n) is 16.4. The Morgan fingerprint density at radius 2 is 1.90 bits per heavy atom. The van der Waals surface area contributed by atoms with Crippen LogP contribution in [0.15, 0.2) is 52.2 Å². The fourth-order valence-electron chi connectivity index (χ4n) is 3.06. The number of carbonyl (C=O) groups excluding carboxylic acids is 1. The Morgan fingerprint density at radius 1 is 1.14 bits per heavy atom. The summed E-state index contributed by atoms with van der Waals surface area (Å²) >= 11 is 3.39. The minimum atomic E-state index is 0.0277. The molecule has 1 aliphatic heterocycles. The molecule has 4 rings (SSSR count). The van der Waals surface area contributed by atoms with E-state index in [1.165, 1.54) is 5.56 Å². The number of rotatable bonds is 7. The lowest BCUT2D eigenvalue weighted by Gasteiger charge is -2.21. The molecule has 150 valence electrons. The molecule has 0 radical (unpaired) electrons. The van der Waals surface area contributed by atoms with E-state index >= 15 is 0 Å². The molecule has 0 atom stereocenters. The molecule has 3 aromatic rings. The second-order valence-corrected chi connectivity index (χ2v) is 8.83. The first-order valence-electron chi connectivity index (χ1n) is 9.44. The molecule has 0 spiro atoms. The molecule has 7 heteroatoms. The topological polar surface area (TPSA) is 51.7 Å². The summed E-state index contributed by atoms with van der Waals surface area (Å²) < 4.78 is 11.9. The molecule has 0 saturated heterocycles. The van der Waals surface area contributed by atoms with Crippen LogP contribution in [0.1, 0.15) is 34.1 Å². The van der Waals surface area contributed by atoms with Crippen molar-refractivity contribution in [3.8, 4) is 11.5 Å². The Bertz CT molecular complexity index is 1000. The van der Waals surface area contributed by atoms with Gasteiger partial charge in [-0.25, -0.2) is 4.98 Å². The van der Waals surface area contributed by atoms with Gasteiger partial charge in [-0.2, -0.15) is 0 Å². The Labute approximate surface area is 178 Å². The second-order valence-electron chi connectivity index (χ2n) is 6.75. The number of hydrogen-bond donors (Lipinski definition) is 0. The number of amides is 1. The van der Waals surface area contributed by atoms with Crippen molar-refractivity contribution in [3.05, 3.63) is 70.2 Å². The Balaban J connectivity index is 1.39. The van der Waals surface area contributed by atoms with Crippen molar-refractivity contribution in [2.75, 3.05) is 13.3 Å². The fourth-order valence-corrected chi connectivity index (χ4v) is 4.86. The summed E-state index contributed by atoms with van der Waals surface area (Å²) in [5.74, 6) is 2.36. The third kappa shape index (κ3) is 4.74. The first-order chi connectivity index (χ1) is 14.1. The van der Waals surface area contributed by atoms with Crippen LogP contribution in [0.5, 0.6) is 11.5 Å². The highest BCUT2D eigenvalue weighted by molar-refractivity contribution is 8.00. The number of nitrogens with zero attached hydrogens (tertiary/aromatic N) is 2. The van der Waals surface area contributed by atoms with Crippen molar-refractivity contribution in [1.29, 1.82) is 0 Å². The second kappa shape index (κ2) is 8.88. The number of thiazole rings is 1. The molecule has 29 heavy (non-hydrogen) atoms. The van der Waals surface area contributed by atoms with Gasteiger partial charge in [-0.1, -0.05) is 30.0 Å². The van der Waals surface area contributed by atoms with Gasteiger partial charge in [0.2, 0.25) is 6.79 Å². The molecule has 2 aromatic carbocycles. The van der Waals surface area contributed by atoms with Gasteiger partial charge in [0.25, 0.3) is 5.91 Å². The van der Waals surface area contributed by atoms with Gasteiger partial charge in [-0.15, -0.1) is 11.3 Å². The molecule has 0 unspecified atom stereocenters. The summed E-state index contributed by atoms with van der Waals surface area (Å²) in [5, 5.41) is 2.06. The SMILES string of the molecule is CCN(Cc1ccc2c(c1)OCO2)C(=O)c1ccc(CSc2nc(C)cs2)cc1. The Hall–Kier alpha value is -2.51. The van der Waals surface area contributed by atoms with E-state index in [0.29, 0.717) is 18.7 Å². The van der Waals surface area contributed by atoms with Crippen LogP contribution in [0.2, 0.25) is 0 Å². The number of aromatic nitrogens is 1. The Kier molecular flexibility index (Phi) is 6.06. The minimum Gasteiger partial charge on any atom is -0.454 e. The van der Waals surface area contributed by atoms with E-state index in [4.69, 9.17) is 9.47 Å². The maximum Gasteiger partial charge on any atom is 0.254 e. The maximum absolute atomic E-state index is 13.0. The van der Waals surface area contributed by atoms with Crippen molar-refractivity contribution < 1.29 is 14.3 Å². The van der Waals surface area contributed by atoms with E-state index in [2.05, 4.69) is 10.4 Å². The predicted octanol–water partition coefficient (Wildman–Crippen LogP) is 5.13. The van der Waals surface area contributed by atoms with Crippen LogP contribution in [-0.2, 0) is 12.3 Å². The van der Waals surface area contributed by atoms with E-state index in [9.17, 15) is 4.79 Å². The number of ether oxygens (including phenoxy) is 2. The Morgan fingerprint density at radius 3 is 2.62 bits per heavy atom. The monoisotopic (exact) mass is 426 g/mol. The quantitative estimate of drug-likeness (QED) is 0.490. The molecule has 0 aliphatic carbocycles. The molecule has 1 aliphatic rings. The summed E-state index contributed by atoms with van der Waals surface area (Å²) in [5.41, 5.74) is 3.96. The van der Waals surface area contributed by atoms with Crippen molar-refractivity contribution in [1.82, 2.24) is 9.88 Å². The van der Waals surface area contributed by atoms with Crippen molar-refractivity contribution in [2.24, 2.45) is 0 Å². The standard InChI is InChI=1S/C22H22N2O3S2/c1-3-24(11-17-6-9-19-20(10-17)27-14-26-19)21(25)18-7-4-16(5-8-18)13-29-22-23-15(2)12-28-22/h4-10,12H,3,11,13-14H2,1-2H3. The van der Waals surface area contributed by atoms with Crippen LogP contribution < -0.4 is 9.47 Å². The molecule has 5 nitrogen and oxygen atoms in total. The maximum atomic E-state index is 13.0. The van der Waals surface area contributed by atoms with Gasteiger partial charge in [0, 0.05) is 35.5 Å². The van der Waals surface area contributed by atoms with Crippen LogP contribution in [0, 0.1) is 6.92 Å². The number of thioether (sulfide) groups is 1. The number of benzene rings is 2. The average molecular weight is 427 g/mol. The first kappa shape index (κ1) is 19.8. The predicted molar refractivity (Wildman–Crippen MR) is 116 cm³/mol. The zero-order chi connectivity index (χ0) is 20.2. The smallest absolute Gasteiger partial charge is 0.254 e. The number of hydrogen-bond acceptors (Lipinski definition) is 6. The van der Waals surface area contributed by atoms with Gasteiger partial charge < -0.3 is 14.4 Å². The van der Waals surface area contributed by atoms with Gasteiger partial charge in [0.1, 0.15) is 4.34 Å². The molecule has 0 saturated carbocycles. The van der Waals surface area contributed by atoms with Gasteiger partial charge in [-0.3, -0.25) is 4.79 Å². The summed E-state index contributed by atoms with van der Waals surface area (Å²) in [7, 11) is 0. The van der Waals surface area contributed by atoms with Crippen molar-refractivity contribution in [3.63, 3.8) is 0 Å². The van der Waals surface area contributed by atoms with Crippen LogP contribution in [0.3, 0.4) is 0 Å². The van der Waals surface area contributed by atoms with Gasteiger partial charge in [-0.05, 0) is 49.2 Å². The van der Waals surface area contributed by atoms with E-state index in [1.54, 1.807) is 23.1 Å². The fraction of sp³-hybridized carbons (Fsp3) is 0.273. The molecule has 1 aromatic heterocycles. The van der Waals surface area contributed by atoms with E-state index in [0.717, 1.165) is 32.8 Å². The lowest BCUT2D eigenvalue weighted by Crippen LogP contribution is -2.30. The van der Waals surface area contributed by atoms with Crippen molar-refractivity contribution >= 4 is 29.0 Å². The third-order valence-corrected chi connectivity index (χ3v) is 6.85. The van der Waals surface area contributed by atoms with Gasteiger partial charge in [0.05, 0.1) is 0 Å². The highest BCUT2D eigenvalue weighted by atomic mass is 32.2. The first-order valence-corrected chi connectivity index (χ1v) is 11.3. The van der Waals surface area contributed by atoms with Gasteiger partial charge >= 0.3 is 0 Å². The number of fused-ring (bicyclic) bond motifs is 1. The minimum absolute atomic E-state index is 0.0277. The zero-order valence-corrected chi connectivity index (χ0v) is 18.0. The molecule has 0 N–H and O–H groups in total. The van der Waals surface area contributed by atoms with E-state index < -0.39 is 0 Å².